The number of anilines is 1. The standard InChI is InChI=1S/C21H24FN5O2/c1-14-24-18-11-17(22)20(29-2)12-19(18)27(14)16-5-3-15(4-6-16)26-9-7-25(8-10-26)13-21(23)28/h3-6,11-12H,7-10,13H2,1-2H3,(H2,23,28). The van der Waals surface area contributed by atoms with Crippen molar-refractivity contribution in [2.75, 3.05) is 44.7 Å². The van der Waals surface area contributed by atoms with Crippen molar-refractivity contribution < 1.29 is 13.9 Å². The highest BCUT2D eigenvalue weighted by molar-refractivity contribution is 5.80. The average molecular weight is 397 g/mol. The van der Waals surface area contributed by atoms with Gasteiger partial charge in [0.2, 0.25) is 5.91 Å². The molecule has 2 aromatic carbocycles. The second-order valence-corrected chi connectivity index (χ2v) is 7.22. The summed E-state index contributed by atoms with van der Waals surface area (Å²) >= 11 is 0. The first kappa shape index (κ1) is 19.2. The lowest BCUT2D eigenvalue weighted by Crippen LogP contribution is -2.48. The molecule has 2 heterocycles. The molecule has 0 unspecified atom stereocenters. The van der Waals surface area contributed by atoms with Gasteiger partial charge >= 0.3 is 0 Å². The van der Waals surface area contributed by atoms with Crippen molar-refractivity contribution in [3.05, 3.63) is 48.0 Å². The summed E-state index contributed by atoms with van der Waals surface area (Å²) in [5.41, 5.74) is 8.75. The molecule has 1 fully saturated rings. The number of benzene rings is 2. The number of rotatable bonds is 5. The quantitative estimate of drug-likeness (QED) is 0.713. The van der Waals surface area contributed by atoms with E-state index < -0.39 is 5.82 Å². The zero-order chi connectivity index (χ0) is 20.5. The van der Waals surface area contributed by atoms with Crippen molar-refractivity contribution in [1.29, 1.82) is 0 Å². The third-order valence-corrected chi connectivity index (χ3v) is 5.32. The molecule has 29 heavy (non-hydrogen) atoms. The lowest BCUT2D eigenvalue weighted by atomic mass is 10.2. The van der Waals surface area contributed by atoms with Crippen molar-refractivity contribution in [3.8, 4) is 11.4 Å². The van der Waals surface area contributed by atoms with Crippen molar-refractivity contribution in [1.82, 2.24) is 14.5 Å². The molecule has 0 spiro atoms. The Morgan fingerprint density at radius 3 is 2.41 bits per heavy atom. The summed E-state index contributed by atoms with van der Waals surface area (Å²) in [6.07, 6.45) is 0. The Bertz CT molecular complexity index is 1040. The average Bonchev–Trinajstić information content (AvgIpc) is 3.02. The highest BCUT2D eigenvalue weighted by atomic mass is 19.1. The van der Waals surface area contributed by atoms with Gasteiger partial charge in [-0.05, 0) is 31.2 Å². The monoisotopic (exact) mass is 397 g/mol. The van der Waals surface area contributed by atoms with Crippen LogP contribution in [0.2, 0.25) is 0 Å². The van der Waals surface area contributed by atoms with Gasteiger partial charge in [-0.1, -0.05) is 0 Å². The van der Waals surface area contributed by atoms with Gasteiger partial charge in [0.15, 0.2) is 11.6 Å². The molecule has 8 heteroatoms. The lowest BCUT2D eigenvalue weighted by Gasteiger charge is -2.35. The number of imidazole rings is 1. The Labute approximate surface area is 168 Å². The summed E-state index contributed by atoms with van der Waals surface area (Å²) in [7, 11) is 1.45. The Hall–Kier alpha value is -3.13. The molecule has 1 saturated heterocycles. The van der Waals surface area contributed by atoms with E-state index in [1.54, 1.807) is 6.07 Å². The largest absolute Gasteiger partial charge is 0.494 e. The number of nitrogens with two attached hydrogens (primary N) is 1. The summed E-state index contributed by atoms with van der Waals surface area (Å²) < 4.78 is 21.1. The van der Waals surface area contributed by atoms with Crippen LogP contribution < -0.4 is 15.4 Å². The summed E-state index contributed by atoms with van der Waals surface area (Å²) in [5, 5.41) is 0. The van der Waals surface area contributed by atoms with E-state index in [9.17, 15) is 9.18 Å². The normalized spacial score (nSPS) is 15.1. The fourth-order valence-electron chi connectivity index (χ4n) is 3.88. The number of nitrogens with zero attached hydrogens (tertiary/aromatic N) is 4. The zero-order valence-electron chi connectivity index (χ0n) is 16.6. The number of hydrogen-bond donors (Lipinski definition) is 1. The second kappa shape index (κ2) is 7.71. The number of aryl methyl sites for hydroxylation is 1. The maximum atomic E-state index is 14.0. The van der Waals surface area contributed by atoms with Gasteiger partial charge in [-0.25, -0.2) is 9.37 Å². The predicted octanol–water partition coefficient (Wildman–Crippen LogP) is 2.09. The number of piperazine rings is 1. The van der Waals surface area contributed by atoms with Crippen LogP contribution in [-0.2, 0) is 4.79 Å². The molecule has 2 N–H and O–H groups in total. The fraction of sp³-hybridized carbons (Fsp3) is 0.333. The number of amides is 1. The molecule has 0 radical (unpaired) electrons. The molecule has 1 aliphatic heterocycles. The van der Waals surface area contributed by atoms with Crippen LogP contribution in [0.1, 0.15) is 5.82 Å². The SMILES string of the molecule is COc1cc2c(cc1F)nc(C)n2-c1ccc(N2CCN(CC(N)=O)CC2)cc1. The molecular weight excluding hydrogens is 373 g/mol. The third kappa shape index (κ3) is 3.75. The van der Waals surface area contributed by atoms with E-state index in [-0.39, 0.29) is 11.7 Å². The van der Waals surface area contributed by atoms with Gasteiger partial charge in [0, 0.05) is 49.7 Å². The van der Waals surface area contributed by atoms with Gasteiger partial charge in [0.1, 0.15) is 5.82 Å². The molecule has 4 rings (SSSR count). The van der Waals surface area contributed by atoms with Crippen LogP contribution in [0, 0.1) is 12.7 Å². The van der Waals surface area contributed by atoms with Gasteiger partial charge < -0.3 is 15.4 Å². The van der Waals surface area contributed by atoms with Crippen LogP contribution >= 0.6 is 0 Å². The van der Waals surface area contributed by atoms with Crippen molar-refractivity contribution >= 4 is 22.6 Å². The van der Waals surface area contributed by atoms with E-state index >= 15 is 0 Å². The molecular formula is C21H24FN5O2. The number of carbonyl (C=O) groups is 1. The zero-order valence-corrected chi connectivity index (χ0v) is 16.6. The summed E-state index contributed by atoms with van der Waals surface area (Å²) in [6.45, 7) is 5.51. The van der Waals surface area contributed by atoms with E-state index in [1.807, 2.05) is 23.6 Å². The number of primary amides is 1. The molecule has 0 saturated carbocycles. The summed E-state index contributed by atoms with van der Waals surface area (Å²) in [4.78, 5) is 19.9. The fourth-order valence-corrected chi connectivity index (χ4v) is 3.88. The molecule has 1 aliphatic rings. The molecule has 7 nitrogen and oxygen atoms in total. The number of carbonyl (C=O) groups excluding carboxylic acids is 1. The minimum absolute atomic E-state index is 0.198. The van der Waals surface area contributed by atoms with Gasteiger partial charge in [-0.3, -0.25) is 14.3 Å². The number of halogens is 1. The topological polar surface area (TPSA) is 76.6 Å². The van der Waals surface area contributed by atoms with E-state index in [0.717, 1.165) is 48.9 Å². The van der Waals surface area contributed by atoms with E-state index in [0.29, 0.717) is 12.1 Å². The highest BCUT2D eigenvalue weighted by Gasteiger charge is 2.19. The molecule has 152 valence electrons. The highest BCUT2D eigenvalue weighted by Crippen LogP contribution is 2.28. The van der Waals surface area contributed by atoms with E-state index in [1.165, 1.54) is 13.2 Å². The van der Waals surface area contributed by atoms with Gasteiger partial charge in [-0.15, -0.1) is 0 Å². The van der Waals surface area contributed by atoms with Gasteiger partial charge in [0.05, 0.1) is 24.7 Å². The number of ether oxygens (including phenoxy) is 1. The van der Waals surface area contributed by atoms with Crippen LogP contribution in [0.5, 0.6) is 5.75 Å². The summed E-state index contributed by atoms with van der Waals surface area (Å²) in [6, 6.07) is 11.3. The Kier molecular flexibility index (Phi) is 5.10. The van der Waals surface area contributed by atoms with Gasteiger partial charge in [0.25, 0.3) is 0 Å². The smallest absolute Gasteiger partial charge is 0.231 e. The first-order valence-electron chi connectivity index (χ1n) is 9.55. The first-order valence-corrected chi connectivity index (χ1v) is 9.55. The molecule has 1 amide bonds. The van der Waals surface area contributed by atoms with Crippen molar-refractivity contribution in [3.63, 3.8) is 0 Å². The van der Waals surface area contributed by atoms with E-state index in [2.05, 4.69) is 26.9 Å². The number of fused-ring (bicyclic) bond motifs is 1. The number of hydrogen-bond acceptors (Lipinski definition) is 5. The Morgan fingerprint density at radius 2 is 1.79 bits per heavy atom. The van der Waals surface area contributed by atoms with E-state index in [4.69, 9.17) is 10.5 Å². The predicted molar refractivity (Wildman–Crippen MR) is 110 cm³/mol. The van der Waals surface area contributed by atoms with Crippen LogP contribution in [0.25, 0.3) is 16.7 Å². The maximum absolute atomic E-state index is 14.0. The van der Waals surface area contributed by atoms with Crippen LogP contribution in [0.3, 0.4) is 0 Å². The minimum Gasteiger partial charge on any atom is -0.494 e. The molecule has 1 aromatic heterocycles. The second-order valence-electron chi connectivity index (χ2n) is 7.22. The van der Waals surface area contributed by atoms with Crippen LogP contribution in [0.4, 0.5) is 10.1 Å². The Balaban J connectivity index is 1.57. The third-order valence-electron chi connectivity index (χ3n) is 5.32. The maximum Gasteiger partial charge on any atom is 0.231 e. The molecule has 0 aliphatic carbocycles. The van der Waals surface area contributed by atoms with Crippen molar-refractivity contribution in [2.45, 2.75) is 6.92 Å². The van der Waals surface area contributed by atoms with Crippen LogP contribution in [-0.4, -0.2) is 60.2 Å². The lowest BCUT2D eigenvalue weighted by molar-refractivity contribution is -0.119. The molecule has 0 atom stereocenters. The van der Waals surface area contributed by atoms with Gasteiger partial charge in [-0.2, -0.15) is 0 Å². The molecule has 3 aromatic rings. The van der Waals surface area contributed by atoms with Crippen LogP contribution in [0.15, 0.2) is 36.4 Å². The molecule has 0 bridgehead atoms. The Morgan fingerprint density at radius 1 is 1.14 bits per heavy atom. The summed E-state index contributed by atoms with van der Waals surface area (Å²) in [5.74, 6) is 0.266. The number of methoxy groups -OCH3 is 1. The first-order chi connectivity index (χ1) is 14.0. The minimum atomic E-state index is -0.421. The van der Waals surface area contributed by atoms with Crippen molar-refractivity contribution in [2.24, 2.45) is 5.73 Å². The number of aromatic nitrogens is 2.